The summed E-state index contributed by atoms with van der Waals surface area (Å²) in [6, 6.07) is 1.89. The largest absolute Gasteiger partial charge is 0.472 e. The molecule has 2 aromatic rings. The van der Waals surface area contributed by atoms with Gasteiger partial charge >= 0.3 is 0 Å². The molecule has 0 radical (unpaired) electrons. The third kappa shape index (κ3) is 1.28. The van der Waals surface area contributed by atoms with Crippen molar-refractivity contribution in [2.24, 2.45) is 0 Å². The summed E-state index contributed by atoms with van der Waals surface area (Å²) < 4.78 is 5.02. The molecule has 0 bridgehead atoms. The lowest BCUT2D eigenvalue weighted by Crippen LogP contribution is -1.94. The molecule has 3 N–H and O–H groups in total. The summed E-state index contributed by atoms with van der Waals surface area (Å²) in [4.78, 5) is 0. The second kappa shape index (κ2) is 3.21. The van der Waals surface area contributed by atoms with E-state index in [0.29, 0.717) is 11.7 Å². The molecule has 14 heavy (non-hydrogen) atoms. The highest BCUT2D eigenvalue weighted by Gasteiger charge is 2.15. The van der Waals surface area contributed by atoms with Crippen LogP contribution in [0.4, 0.5) is 5.82 Å². The van der Waals surface area contributed by atoms with Crippen LogP contribution in [0, 0.1) is 0 Å². The number of nitrogens with zero attached hydrogens (tertiary/aromatic N) is 1. The van der Waals surface area contributed by atoms with Crippen molar-refractivity contribution in [2.45, 2.75) is 19.8 Å². The monoisotopic (exact) mass is 191 g/mol. The molecule has 4 heteroatoms. The number of hydrogen-bond acceptors (Lipinski definition) is 3. The second-order valence-electron chi connectivity index (χ2n) is 3.56. The van der Waals surface area contributed by atoms with Crippen LogP contribution in [0.2, 0.25) is 0 Å². The van der Waals surface area contributed by atoms with Crippen LogP contribution in [-0.4, -0.2) is 10.2 Å². The van der Waals surface area contributed by atoms with Gasteiger partial charge in [0.25, 0.3) is 0 Å². The summed E-state index contributed by atoms with van der Waals surface area (Å²) >= 11 is 0. The fourth-order valence-corrected chi connectivity index (χ4v) is 1.58. The predicted molar refractivity (Wildman–Crippen MR) is 54.8 cm³/mol. The molecule has 2 aromatic heterocycles. The van der Waals surface area contributed by atoms with Crippen molar-refractivity contribution >= 4 is 5.82 Å². The first-order valence-corrected chi connectivity index (χ1v) is 4.56. The zero-order chi connectivity index (χ0) is 10.1. The Morgan fingerprint density at radius 3 is 2.86 bits per heavy atom. The normalized spacial score (nSPS) is 11.1. The highest BCUT2D eigenvalue weighted by Crippen LogP contribution is 2.31. The smallest absolute Gasteiger partial charge is 0.149 e. The van der Waals surface area contributed by atoms with Gasteiger partial charge in [0.15, 0.2) is 0 Å². The van der Waals surface area contributed by atoms with Gasteiger partial charge in [-0.05, 0) is 12.0 Å². The zero-order valence-electron chi connectivity index (χ0n) is 8.24. The minimum Gasteiger partial charge on any atom is -0.472 e. The summed E-state index contributed by atoms with van der Waals surface area (Å²) in [5, 5.41) is 6.93. The van der Waals surface area contributed by atoms with Gasteiger partial charge in [-0.15, -0.1) is 0 Å². The van der Waals surface area contributed by atoms with E-state index in [1.54, 1.807) is 12.5 Å². The van der Waals surface area contributed by atoms with Gasteiger partial charge in [0.1, 0.15) is 5.82 Å². The number of aromatic amines is 1. The Morgan fingerprint density at radius 2 is 2.29 bits per heavy atom. The summed E-state index contributed by atoms with van der Waals surface area (Å²) in [6.07, 6.45) is 3.31. The number of anilines is 1. The second-order valence-corrected chi connectivity index (χ2v) is 3.56. The minimum absolute atomic E-state index is 0.346. The molecule has 0 aliphatic rings. The molecule has 0 fully saturated rings. The van der Waals surface area contributed by atoms with Crippen molar-refractivity contribution in [3.05, 3.63) is 24.2 Å². The van der Waals surface area contributed by atoms with Crippen molar-refractivity contribution in [3.63, 3.8) is 0 Å². The molecule has 0 unspecified atom stereocenters. The molecule has 0 aromatic carbocycles. The van der Waals surface area contributed by atoms with E-state index in [2.05, 4.69) is 24.0 Å². The van der Waals surface area contributed by atoms with E-state index in [-0.39, 0.29) is 0 Å². The van der Waals surface area contributed by atoms with Crippen LogP contribution >= 0.6 is 0 Å². The van der Waals surface area contributed by atoms with Crippen molar-refractivity contribution in [1.29, 1.82) is 0 Å². The maximum Gasteiger partial charge on any atom is 0.149 e. The van der Waals surface area contributed by atoms with Crippen LogP contribution in [-0.2, 0) is 0 Å². The Labute approximate surface area is 82.1 Å². The molecule has 0 saturated carbocycles. The number of rotatable bonds is 2. The number of H-pyrrole nitrogens is 1. The number of hydrogen-bond donors (Lipinski definition) is 2. The fraction of sp³-hybridized carbons (Fsp3) is 0.300. The molecule has 2 heterocycles. The van der Waals surface area contributed by atoms with Crippen LogP contribution < -0.4 is 5.73 Å². The molecular formula is C10H13N3O. The lowest BCUT2D eigenvalue weighted by atomic mass is 10.0. The summed E-state index contributed by atoms with van der Waals surface area (Å²) in [5.41, 5.74) is 8.76. The lowest BCUT2D eigenvalue weighted by molar-refractivity contribution is 0.568. The minimum atomic E-state index is 0.346. The van der Waals surface area contributed by atoms with Crippen molar-refractivity contribution < 1.29 is 4.42 Å². The molecule has 0 aliphatic carbocycles. The maximum absolute atomic E-state index is 5.78. The molecule has 0 aliphatic heterocycles. The van der Waals surface area contributed by atoms with Gasteiger partial charge in [0, 0.05) is 11.1 Å². The number of furan rings is 1. The molecule has 0 spiro atoms. The molecule has 4 nitrogen and oxygen atoms in total. The van der Waals surface area contributed by atoms with Gasteiger partial charge in [-0.25, -0.2) is 0 Å². The van der Waals surface area contributed by atoms with E-state index in [4.69, 9.17) is 10.2 Å². The van der Waals surface area contributed by atoms with E-state index in [0.717, 1.165) is 16.8 Å². The Hall–Kier alpha value is -1.71. The summed E-state index contributed by atoms with van der Waals surface area (Å²) in [6.45, 7) is 4.18. The number of nitrogen functional groups attached to an aromatic ring is 1. The van der Waals surface area contributed by atoms with Gasteiger partial charge in [-0.2, -0.15) is 5.10 Å². The van der Waals surface area contributed by atoms with Gasteiger partial charge < -0.3 is 10.2 Å². The molecule has 0 atom stereocenters. The average Bonchev–Trinajstić information content (AvgIpc) is 2.70. The Bertz CT molecular complexity index is 415. The quantitative estimate of drug-likeness (QED) is 0.765. The van der Waals surface area contributed by atoms with Crippen LogP contribution in [0.3, 0.4) is 0 Å². The maximum atomic E-state index is 5.78. The SMILES string of the molecule is CC(C)c1c(N)n[nH]c1-c1ccoc1. The van der Waals surface area contributed by atoms with Crippen LogP contribution in [0.15, 0.2) is 23.0 Å². The first-order valence-electron chi connectivity index (χ1n) is 4.56. The zero-order valence-corrected chi connectivity index (χ0v) is 8.24. The third-order valence-electron chi connectivity index (χ3n) is 2.22. The van der Waals surface area contributed by atoms with Crippen LogP contribution in [0.5, 0.6) is 0 Å². The summed E-state index contributed by atoms with van der Waals surface area (Å²) in [7, 11) is 0. The lowest BCUT2D eigenvalue weighted by Gasteiger charge is -2.04. The van der Waals surface area contributed by atoms with E-state index in [1.165, 1.54) is 0 Å². The Balaban J connectivity index is 2.54. The first-order chi connectivity index (χ1) is 6.70. The topological polar surface area (TPSA) is 67.8 Å². The van der Waals surface area contributed by atoms with Gasteiger partial charge in [-0.1, -0.05) is 13.8 Å². The van der Waals surface area contributed by atoms with Gasteiger partial charge in [0.2, 0.25) is 0 Å². The third-order valence-corrected chi connectivity index (χ3v) is 2.22. The molecule has 0 amide bonds. The van der Waals surface area contributed by atoms with E-state index < -0.39 is 0 Å². The first kappa shape index (κ1) is 8.87. The van der Waals surface area contributed by atoms with E-state index in [1.807, 2.05) is 6.07 Å². The van der Waals surface area contributed by atoms with Crippen molar-refractivity contribution in [2.75, 3.05) is 5.73 Å². The van der Waals surface area contributed by atoms with E-state index in [9.17, 15) is 0 Å². The van der Waals surface area contributed by atoms with Gasteiger partial charge in [0.05, 0.1) is 18.2 Å². The standard InChI is InChI=1S/C10H13N3O/c1-6(2)8-9(12-13-10(8)11)7-3-4-14-5-7/h3-6H,1-2H3,(H3,11,12,13). The average molecular weight is 191 g/mol. The van der Waals surface area contributed by atoms with Crippen LogP contribution in [0.25, 0.3) is 11.3 Å². The van der Waals surface area contributed by atoms with Crippen LogP contribution in [0.1, 0.15) is 25.3 Å². The molecule has 0 saturated heterocycles. The number of nitrogens with one attached hydrogen (secondary N) is 1. The predicted octanol–water partition coefficient (Wildman–Crippen LogP) is 2.38. The molecule has 74 valence electrons. The number of aromatic nitrogens is 2. The Morgan fingerprint density at radius 1 is 1.50 bits per heavy atom. The fourth-order valence-electron chi connectivity index (χ4n) is 1.58. The molecular weight excluding hydrogens is 178 g/mol. The number of nitrogens with two attached hydrogens (primary N) is 1. The van der Waals surface area contributed by atoms with Crippen molar-refractivity contribution in [3.8, 4) is 11.3 Å². The van der Waals surface area contributed by atoms with Gasteiger partial charge in [-0.3, -0.25) is 5.10 Å². The van der Waals surface area contributed by atoms with Crippen molar-refractivity contribution in [1.82, 2.24) is 10.2 Å². The highest BCUT2D eigenvalue weighted by molar-refractivity contribution is 5.67. The molecule has 2 rings (SSSR count). The Kier molecular flexibility index (Phi) is 2.04. The summed E-state index contributed by atoms with van der Waals surface area (Å²) in [5.74, 6) is 0.912. The van der Waals surface area contributed by atoms with E-state index >= 15 is 0 Å². The highest BCUT2D eigenvalue weighted by atomic mass is 16.3.